The van der Waals surface area contributed by atoms with Crippen molar-refractivity contribution in [1.29, 1.82) is 0 Å². The van der Waals surface area contributed by atoms with Gasteiger partial charge in [-0.05, 0) is 61.1 Å². The van der Waals surface area contributed by atoms with Gasteiger partial charge < -0.3 is 10.6 Å². The number of anilines is 2. The van der Waals surface area contributed by atoms with Gasteiger partial charge in [0.2, 0.25) is 5.95 Å². The zero-order valence-corrected chi connectivity index (χ0v) is 22.0. The topological polar surface area (TPSA) is 97.1 Å². The second kappa shape index (κ2) is 8.71. The van der Waals surface area contributed by atoms with Gasteiger partial charge in [0.1, 0.15) is 5.82 Å². The molecule has 194 valence electrons. The first-order valence-electron chi connectivity index (χ1n) is 12.9. The van der Waals surface area contributed by atoms with E-state index in [1.807, 2.05) is 12.1 Å². The average Bonchev–Trinajstić information content (AvgIpc) is 3.37. The average molecular weight is 530 g/mol. The quantitative estimate of drug-likeness (QED) is 0.345. The second-order valence-electron chi connectivity index (χ2n) is 10.6. The van der Waals surface area contributed by atoms with Crippen LogP contribution in [0.2, 0.25) is 0 Å². The molecule has 1 aromatic carbocycles. The van der Waals surface area contributed by atoms with Crippen LogP contribution in [0.4, 0.5) is 21.8 Å². The van der Waals surface area contributed by atoms with Crippen LogP contribution in [-0.2, 0) is 9.73 Å². The number of pyridine rings is 1. The van der Waals surface area contributed by atoms with Gasteiger partial charge >= 0.3 is 0 Å². The molecule has 4 aromatic rings. The standard InChI is InChI=1S/C28H28FN7OS/c1-38(2,37)35-23-4-3-5-24(33-23)36-26(17-6-7-17)25(29)21-15-30-28(34-27(21)36)32-18-10-8-16(9-11-18)20-14-19-12-13-22(20)31-19/h3-5,8-11,14-15,17,19,22,31H,6-7,12-13H2,1-2H3,(H,30,32,34). The molecule has 2 unspecified atom stereocenters. The minimum absolute atomic E-state index is 0.103. The van der Waals surface area contributed by atoms with Crippen LogP contribution in [0.15, 0.2) is 59.1 Å². The number of halogens is 1. The monoisotopic (exact) mass is 529 g/mol. The van der Waals surface area contributed by atoms with E-state index in [1.165, 1.54) is 30.2 Å². The van der Waals surface area contributed by atoms with Crippen molar-refractivity contribution in [2.75, 3.05) is 17.8 Å². The largest absolute Gasteiger partial charge is 0.324 e. The van der Waals surface area contributed by atoms with Gasteiger partial charge in [0.05, 0.1) is 11.1 Å². The minimum atomic E-state index is -2.39. The number of aromatic nitrogens is 4. The molecule has 2 N–H and O–H groups in total. The maximum atomic E-state index is 15.6. The zero-order chi connectivity index (χ0) is 26.0. The van der Waals surface area contributed by atoms with Crippen molar-refractivity contribution in [1.82, 2.24) is 24.8 Å². The van der Waals surface area contributed by atoms with Crippen LogP contribution >= 0.6 is 0 Å². The maximum absolute atomic E-state index is 15.6. The number of fused-ring (bicyclic) bond motifs is 3. The van der Waals surface area contributed by atoms with Crippen molar-refractivity contribution < 1.29 is 8.60 Å². The van der Waals surface area contributed by atoms with Crippen molar-refractivity contribution >= 4 is 43.8 Å². The fourth-order valence-electron chi connectivity index (χ4n) is 5.53. The fourth-order valence-corrected chi connectivity index (χ4v) is 6.08. The SMILES string of the molecule is CS(C)(=O)=Nc1cccc(-n2c(C3CC3)c(F)c3cnc(Nc4ccc(C5=CC6CCC5N6)cc4)nc32)n1. The number of hydrogen-bond donors (Lipinski definition) is 2. The summed E-state index contributed by atoms with van der Waals surface area (Å²) >= 11 is 0. The van der Waals surface area contributed by atoms with Crippen LogP contribution in [0.25, 0.3) is 22.4 Å². The Hall–Kier alpha value is -3.63. The molecule has 0 radical (unpaired) electrons. The Morgan fingerprint density at radius 3 is 2.58 bits per heavy atom. The first-order chi connectivity index (χ1) is 18.3. The molecule has 1 aliphatic carbocycles. The lowest BCUT2D eigenvalue weighted by Gasteiger charge is -2.13. The molecule has 3 aromatic heterocycles. The molecule has 3 aliphatic rings. The highest BCUT2D eigenvalue weighted by Crippen LogP contribution is 2.45. The minimum Gasteiger partial charge on any atom is -0.324 e. The van der Waals surface area contributed by atoms with Crippen molar-refractivity contribution in [3.05, 3.63) is 71.8 Å². The van der Waals surface area contributed by atoms with Gasteiger partial charge in [-0.3, -0.25) is 4.57 Å². The first kappa shape index (κ1) is 23.5. The smallest absolute Gasteiger partial charge is 0.229 e. The molecule has 2 aliphatic heterocycles. The Kier molecular flexibility index (Phi) is 5.38. The summed E-state index contributed by atoms with van der Waals surface area (Å²) in [6.07, 6.45) is 11.2. The number of hydrogen-bond acceptors (Lipinski definition) is 7. The third-order valence-corrected chi connectivity index (χ3v) is 7.95. The molecule has 7 rings (SSSR count). The highest BCUT2D eigenvalue weighted by Gasteiger charge is 2.34. The summed E-state index contributed by atoms with van der Waals surface area (Å²) in [5, 5.41) is 7.24. The van der Waals surface area contributed by atoms with Crippen molar-refractivity contribution in [3.8, 4) is 5.82 Å². The van der Waals surface area contributed by atoms with E-state index in [4.69, 9.17) is 4.98 Å². The first-order valence-corrected chi connectivity index (χ1v) is 15.2. The Bertz CT molecular complexity index is 1720. The molecule has 1 saturated carbocycles. The van der Waals surface area contributed by atoms with Crippen molar-refractivity contribution in [2.24, 2.45) is 4.36 Å². The van der Waals surface area contributed by atoms with Gasteiger partial charge in [0.25, 0.3) is 0 Å². The van der Waals surface area contributed by atoms with E-state index in [0.717, 1.165) is 18.5 Å². The van der Waals surface area contributed by atoms with E-state index < -0.39 is 9.73 Å². The molecule has 10 heteroatoms. The summed E-state index contributed by atoms with van der Waals surface area (Å²) in [7, 11) is -2.39. The van der Waals surface area contributed by atoms with Crippen LogP contribution in [0.1, 0.15) is 42.9 Å². The molecule has 1 saturated heterocycles. The van der Waals surface area contributed by atoms with E-state index >= 15 is 4.39 Å². The van der Waals surface area contributed by atoms with Crippen LogP contribution in [0.3, 0.4) is 0 Å². The van der Waals surface area contributed by atoms with Crippen LogP contribution < -0.4 is 10.6 Å². The van der Waals surface area contributed by atoms with Gasteiger partial charge in [-0.2, -0.15) is 9.35 Å². The van der Waals surface area contributed by atoms with E-state index in [1.54, 1.807) is 35.3 Å². The maximum Gasteiger partial charge on any atom is 0.229 e. The van der Waals surface area contributed by atoms with Gasteiger partial charge in [0.15, 0.2) is 17.3 Å². The van der Waals surface area contributed by atoms with Gasteiger partial charge in [-0.1, -0.05) is 24.3 Å². The third-order valence-electron chi connectivity index (χ3n) is 7.32. The predicted molar refractivity (Wildman–Crippen MR) is 148 cm³/mol. The number of nitrogens with zero attached hydrogens (tertiary/aromatic N) is 5. The van der Waals surface area contributed by atoms with Crippen molar-refractivity contribution in [3.63, 3.8) is 0 Å². The van der Waals surface area contributed by atoms with E-state index in [-0.39, 0.29) is 11.7 Å². The molecular weight excluding hydrogens is 501 g/mol. The lowest BCUT2D eigenvalue weighted by atomic mass is 9.93. The summed E-state index contributed by atoms with van der Waals surface area (Å²) in [6, 6.07) is 14.5. The molecular formula is C28H28FN7OS. The number of nitrogens with one attached hydrogen (secondary N) is 2. The summed E-state index contributed by atoms with van der Waals surface area (Å²) in [6.45, 7) is 0. The molecule has 2 atom stereocenters. The molecule has 8 nitrogen and oxygen atoms in total. The molecule has 38 heavy (non-hydrogen) atoms. The van der Waals surface area contributed by atoms with E-state index in [0.29, 0.717) is 46.4 Å². The number of benzene rings is 1. The summed E-state index contributed by atoms with van der Waals surface area (Å²) in [5.41, 5.74) is 4.44. The Balaban J connectivity index is 1.26. The molecule has 0 spiro atoms. The number of rotatable bonds is 6. The predicted octanol–water partition coefficient (Wildman–Crippen LogP) is 5.45. The summed E-state index contributed by atoms with van der Waals surface area (Å²) in [4.78, 5) is 13.7. The summed E-state index contributed by atoms with van der Waals surface area (Å²) in [5.74, 6) is 0.997. The van der Waals surface area contributed by atoms with Crippen LogP contribution in [-0.4, -0.2) is 48.3 Å². The van der Waals surface area contributed by atoms with Crippen LogP contribution in [0, 0.1) is 5.82 Å². The zero-order valence-electron chi connectivity index (χ0n) is 21.2. The Morgan fingerprint density at radius 2 is 1.89 bits per heavy atom. The Morgan fingerprint density at radius 1 is 1.08 bits per heavy atom. The molecule has 2 bridgehead atoms. The second-order valence-corrected chi connectivity index (χ2v) is 13.1. The van der Waals surface area contributed by atoms with Gasteiger partial charge in [0, 0.05) is 52.1 Å². The normalized spacial score (nSPS) is 20.7. The van der Waals surface area contributed by atoms with Crippen LogP contribution in [0.5, 0.6) is 0 Å². The molecule has 5 heterocycles. The lowest BCUT2D eigenvalue weighted by molar-refractivity contribution is 0.613. The molecule has 0 amide bonds. The van der Waals surface area contributed by atoms with Crippen molar-refractivity contribution in [2.45, 2.75) is 43.7 Å². The highest BCUT2D eigenvalue weighted by molar-refractivity contribution is 7.92. The van der Waals surface area contributed by atoms with E-state index in [9.17, 15) is 4.21 Å². The fraction of sp³-hybridized carbons (Fsp3) is 0.321. The third kappa shape index (κ3) is 4.27. The Labute approximate surface area is 220 Å². The molecule has 2 fully saturated rings. The highest BCUT2D eigenvalue weighted by atomic mass is 32.2. The lowest BCUT2D eigenvalue weighted by Crippen LogP contribution is -2.21. The van der Waals surface area contributed by atoms with E-state index in [2.05, 4.69) is 43.2 Å². The summed E-state index contributed by atoms with van der Waals surface area (Å²) < 4.78 is 33.9. The van der Waals surface area contributed by atoms with Gasteiger partial charge in [-0.25, -0.2) is 18.6 Å². The van der Waals surface area contributed by atoms with Gasteiger partial charge in [-0.15, -0.1) is 0 Å².